The van der Waals surface area contributed by atoms with Crippen LogP contribution in [0.15, 0.2) is 95.7 Å². The van der Waals surface area contributed by atoms with Crippen molar-refractivity contribution in [2.24, 2.45) is 5.73 Å². The Morgan fingerprint density at radius 1 is 1.03 bits per heavy atom. The smallest absolute Gasteiger partial charge is 0.270 e. The van der Waals surface area contributed by atoms with Gasteiger partial charge in [0.05, 0.1) is 0 Å². The number of carbonyl (C=O) groups is 2. The van der Waals surface area contributed by atoms with Gasteiger partial charge in [-0.05, 0) is 53.6 Å². The SMILES string of the molecule is CC(C)c1ccc2c(c1)OC1(O)C3=CCCC(N)=C3C(=O)C21NC(=O)c1ccc(-c2ccccc2)cc1. The van der Waals surface area contributed by atoms with Crippen molar-refractivity contribution >= 4 is 11.7 Å². The largest absolute Gasteiger partial charge is 0.454 e. The van der Waals surface area contributed by atoms with E-state index in [4.69, 9.17) is 10.5 Å². The summed E-state index contributed by atoms with van der Waals surface area (Å²) >= 11 is 0. The second kappa shape index (κ2) is 8.18. The van der Waals surface area contributed by atoms with Crippen molar-refractivity contribution < 1.29 is 19.4 Å². The van der Waals surface area contributed by atoms with Crippen LogP contribution in [0.5, 0.6) is 5.75 Å². The molecule has 1 fully saturated rings. The van der Waals surface area contributed by atoms with Crippen LogP contribution in [-0.4, -0.2) is 22.6 Å². The van der Waals surface area contributed by atoms with Crippen LogP contribution in [0.2, 0.25) is 0 Å². The van der Waals surface area contributed by atoms with Crippen LogP contribution in [0.4, 0.5) is 0 Å². The molecule has 186 valence electrons. The molecule has 37 heavy (non-hydrogen) atoms. The van der Waals surface area contributed by atoms with E-state index in [1.54, 1.807) is 24.3 Å². The van der Waals surface area contributed by atoms with E-state index in [0.29, 0.717) is 41.0 Å². The first-order chi connectivity index (χ1) is 17.8. The van der Waals surface area contributed by atoms with Gasteiger partial charge in [-0.2, -0.15) is 0 Å². The van der Waals surface area contributed by atoms with Gasteiger partial charge in [-0.3, -0.25) is 9.59 Å². The lowest BCUT2D eigenvalue weighted by Gasteiger charge is -2.34. The molecule has 0 aromatic heterocycles. The van der Waals surface area contributed by atoms with E-state index in [0.717, 1.165) is 16.7 Å². The summed E-state index contributed by atoms with van der Waals surface area (Å²) in [5, 5.41) is 15.0. The number of ether oxygens (including phenoxy) is 1. The van der Waals surface area contributed by atoms with E-state index in [2.05, 4.69) is 19.2 Å². The predicted octanol–water partition coefficient (Wildman–Crippen LogP) is 4.70. The number of nitrogens with one attached hydrogen (secondary N) is 1. The predicted molar refractivity (Wildman–Crippen MR) is 141 cm³/mol. The molecule has 2 aliphatic carbocycles. The molecule has 4 N–H and O–H groups in total. The molecule has 1 heterocycles. The van der Waals surface area contributed by atoms with Gasteiger partial charge in [0.2, 0.25) is 11.3 Å². The minimum atomic E-state index is -2.10. The summed E-state index contributed by atoms with van der Waals surface area (Å²) in [5.74, 6) is -2.45. The van der Waals surface area contributed by atoms with Crippen LogP contribution in [0.3, 0.4) is 0 Å². The lowest BCUT2D eigenvalue weighted by atomic mass is 9.82. The standard InChI is InChI=1S/C31H28N2O4/c1-18(2)22-15-16-23-26(17-22)37-31(36)24-9-6-10-25(32)27(24)28(34)30(23,31)33-29(35)21-13-11-20(12-14-21)19-7-4-3-5-8-19/h3-5,7-9,11-18,36H,6,10,32H2,1-2H3,(H,33,35). The quantitative estimate of drug-likeness (QED) is 0.490. The van der Waals surface area contributed by atoms with Crippen molar-refractivity contribution in [3.63, 3.8) is 0 Å². The average molecular weight is 493 g/mol. The van der Waals surface area contributed by atoms with E-state index in [1.807, 2.05) is 54.6 Å². The van der Waals surface area contributed by atoms with Crippen LogP contribution in [0, 0.1) is 0 Å². The highest BCUT2D eigenvalue weighted by atomic mass is 16.6. The van der Waals surface area contributed by atoms with Crippen molar-refractivity contribution in [1.29, 1.82) is 0 Å². The number of amides is 1. The van der Waals surface area contributed by atoms with E-state index >= 15 is 0 Å². The summed E-state index contributed by atoms with van der Waals surface area (Å²) in [6.07, 6.45) is 2.87. The van der Waals surface area contributed by atoms with Gasteiger partial charge in [-0.1, -0.05) is 74.5 Å². The van der Waals surface area contributed by atoms with E-state index < -0.39 is 23.0 Å². The Hall–Kier alpha value is -4.16. The fourth-order valence-corrected chi connectivity index (χ4v) is 5.68. The normalized spacial score (nSPS) is 23.8. The number of nitrogens with two attached hydrogens (primary N) is 1. The summed E-state index contributed by atoms with van der Waals surface area (Å²) in [7, 11) is 0. The molecule has 2 unspecified atom stereocenters. The van der Waals surface area contributed by atoms with Gasteiger partial charge in [0.1, 0.15) is 5.75 Å². The molecule has 0 bridgehead atoms. The summed E-state index contributed by atoms with van der Waals surface area (Å²) in [5.41, 5.74) is 9.18. The number of Topliss-reactive ketones (excluding diaryl/α,β-unsaturated/α-hetero) is 1. The first-order valence-corrected chi connectivity index (χ1v) is 12.5. The van der Waals surface area contributed by atoms with E-state index in [-0.39, 0.29) is 11.5 Å². The number of hydrogen-bond donors (Lipinski definition) is 3. The Bertz CT molecular complexity index is 1500. The maximum Gasteiger partial charge on any atom is 0.270 e. The Kier molecular flexibility index (Phi) is 5.14. The maximum absolute atomic E-state index is 14.1. The minimum Gasteiger partial charge on any atom is -0.454 e. The molecule has 0 saturated heterocycles. The highest BCUT2D eigenvalue weighted by molar-refractivity contribution is 6.16. The number of benzene rings is 3. The molecule has 6 nitrogen and oxygen atoms in total. The number of aliphatic hydroxyl groups is 1. The molecule has 0 radical (unpaired) electrons. The molecular weight excluding hydrogens is 464 g/mol. The van der Waals surface area contributed by atoms with Crippen LogP contribution < -0.4 is 15.8 Å². The lowest BCUT2D eigenvalue weighted by molar-refractivity contribution is -0.152. The zero-order valence-corrected chi connectivity index (χ0v) is 20.7. The summed E-state index contributed by atoms with van der Waals surface area (Å²) in [6, 6.07) is 22.5. The van der Waals surface area contributed by atoms with Gasteiger partial charge < -0.3 is 20.9 Å². The van der Waals surface area contributed by atoms with Gasteiger partial charge in [0, 0.05) is 28.0 Å². The Labute approximate surface area is 215 Å². The zero-order valence-electron chi connectivity index (χ0n) is 20.7. The van der Waals surface area contributed by atoms with E-state index in [9.17, 15) is 14.7 Å². The topological polar surface area (TPSA) is 102 Å². The Morgan fingerprint density at radius 3 is 2.43 bits per heavy atom. The molecule has 3 aliphatic rings. The number of hydrogen-bond acceptors (Lipinski definition) is 5. The minimum absolute atomic E-state index is 0.216. The summed E-state index contributed by atoms with van der Waals surface area (Å²) in [6.45, 7) is 4.11. The fraction of sp³-hybridized carbons (Fsp3) is 0.226. The molecule has 1 saturated carbocycles. The Balaban J connectivity index is 1.45. The van der Waals surface area contributed by atoms with Gasteiger partial charge in [-0.15, -0.1) is 0 Å². The highest BCUT2D eigenvalue weighted by Gasteiger charge is 2.74. The zero-order chi connectivity index (χ0) is 25.9. The number of fused-ring (bicyclic) bond motifs is 5. The highest BCUT2D eigenvalue weighted by Crippen LogP contribution is 2.59. The maximum atomic E-state index is 14.1. The molecule has 6 heteroatoms. The molecular formula is C31H28N2O4. The summed E-state index contributed by atoms with van der Waals surface area (Å²) in [4.78, 5) is 27.8. The molecule has 3 aromatic carbocycles. The van der Waals surface area contributed by atoms with Crippen LogP contribution in [0.1, 0.15) is 54.1 Å². The third-order valence-electron chi connectivity index (χ3n) is 7.68. The number of rotatable bonds is 4. The van der Waals surface area contributed by atoms with E-state index in [1.165, 1.54) is 0 Å². The Morgan fingerprint density at radius 2 is 1.73 bits per heavy atom. The number of allylic oxidation sites excluding steroid dienone is 2. The third-order valence-corrected chi connectivity index (χ3v) is 7.68. The number of ketones is 1. The van der Waals surface area contributed by atoms with Crippen molar-refractivity contribution in [1.82, 2.24) is 5.32 Å². The van der Waals surface area contributed by atoms with Crippen LogP contribution in [0.25, 0.3) is 11.1 Å². The molecule has 1 amide bonds. The number of carbonyl (C=O) groups excluding carboxylic acids is 2. The van der Waals surface area contributed by atoms with Gasteiger partial charge in [0.15, 0.2) is 0 Å². The van der Waals surface area contributed by atoms with Gasteiger partial charge in [0.25, 0.3) is 11.7 Å². The van der Waals surface area contributed by atoms with Crippen molar-refractivity contribution in [3.8, 4) is 16.9 Å². The lowest BCUT2D eigenvalue weighted by Crippen LogP contribution is -2.62. The van der Waals surface area contributed by atoms with Crippen molar-refractivity contribution in [2.75, 3.05) is 0 Å². The van der Waals surface area contributed by atoms with Gasteiger partial charge in [-0.25, -0.2) is 0 Å². The average Bonchev–Trinajstić information content (AvgIpc) is 3.26. The monoisotopic (exact) mass is 492 g/mol. The van der Waals surface area contributed by atoms with Crippen LogP contribution in [-0.2, 0) is 10.3 Å². The van der Waals surface area contributed by atoms with Crippen LogP contribution >= 0.6 is 0 Å². The van der Waals surface area contributed by atoms with Crippen molar-refractivity contribution in [2.45, 2.75) is 43.9 Å². The van der Waals surface area contributed by atoms with Crippen molar-refractivity contribution in [3.05, 3.63) is 112 Å². The first kappa shape index (κ1) is 23.3. The second-order valence-corrected chi connectivity index (χ2v) is 10.2. The molecule has 0 spiro atoms. The molecule has 3 aromatic rings. The second-order valence-electron chi connectivity index (χ2n) is 10.2. The first-order valence-electron chi connectivity index (χ1n) is 12.5. The molecule has 2 atom stereocenters. The molecule has 1 aliphatic heterocycles. The molecule has 6 rings (SSSR count). The third kappa shape index (κ3) is 3.22. The van der Waals surface area contributed by atoms with Gasteiger partial charge >= 0.3 is 0 Å². The summed E-state index contributed by atoms with van der Waals surface area (Å²) < 4.78 is 6.18. The fourth-order valence-electron chi connectivity index (χ4n) is 5.68.